The van der Waals surface area contributed by atoms with Crippen LogP contribution in [0, 0.1) is 0 Å². The van der Waals surface area contributed by atoms with Crippen molar-refractivity contribution in [2.75, 3.05) is 19.8 Å². The molecular weight excluding hydrogens is 508 g/mol. The van der Waals surface area contributed by atoms with Gasteiger partial charge in [-0.3, -0.25) is 19.2 Å². The summed E-state index contributed by atoms with van der Waals surface area (Å²) >= 11 is 0.483. The molecule has 5 atom stereocenters. The summed E-state index contributed by atoms with van der Waals surface area (Å²) in [5.74, 6) is -3.13. The lowest BCUT2D eigenvalue weighted by Crippen LogP contribution is -2.62. The Morgan fingerprint density at radius 3 is 1.78 bits per heavy atom. The molecule has 1 N–H and O–H groups in total. The molecule has 0 saturated carbocycles. The molecule has 0 spiro atoms. The van der Waals surface area contributed by atoms with E-state index in [1.807, 2.05) is 0 Å². The van der Waals surface area contributed by atoms with E-state index < -0.39 is 72.5 Å². The predicted octanol–water partition coefficient (Wildman–Crippen LogP) is 0.837. The number of hydrogen-bond donors (Lipinski definition) is 1. The van der Waals surface area contributed by atoms with E-state index in [-0.39, 0.29) is 13.2 Å². The molecule has 0 bridgehead atoms. The first-order valence-corrected chi connectivity index (χ1v) is 11.6. The van der Waals surface area contributed by atoms with Crippen LogP contribution in [0.5, 0.6) is 0 Å². The van der Waals surface area contributed by atoms with Gasteiger partial charge in [0.05, 0.1) is 13.2 Å². The van der Waals surface area contributed by atoms with Gasteiger partial charge in [-0.05, 0) is 13.8 Å². The van der Waals surface area contributed by atoms with Crippen molar-refractivity contribution in [1.29, 1.82) is 0 Å². The summed E-state index contributed by atoms with van der Waals surface area (Å²) in [5, 5.41) is 0. The second-order valence-corrected chi connectivity index (χ2v) is 8.04. The fourth-order valence-electron chi connectivity index (χ4n) is 2.92. The van der Waals surface area contributed by atoms with Crippen LogP contribution in [0.4, 0.5) is 9.59 Å². The topological polar surface area (TPSA) is 182 Å². The zero-order valence-electron chi connectivity index (χ0n) is 20.7. The van der Waals surface area contributed by atoms with Gasteiger partial charge in [0.1, 0.15) is 12.7 Å². The highest BCUT2D eigenvalue weighted by molar-refractivity contribution is 7.98. The minimum absolute atomic E-state index is 0.00772. The maximum Gasteiger partial charge on any atom is 0.439 e. The van der Waals surface area contributed by atoms with Crippen LogP contribution in [0.15, 0.2) is 0 Å². The summed E-state index contributed by atoms with van der Waals surface area (Å²) in [7, 11) is 0. The monoisotopic (exact) mass is 538 g/mol. The van der Waals surface area contributed by atoms with E-state index in [2.05, 4.69) is 5.43 Å². The zero-order chi connectivity index (χ0) is 27.4. The van der Waals surface area contributed by atoms with Crippen molar-refractivity contribution in [1.82, 2.24) is 9.84 Å². The number of carbonyl (C=O) groups is 6. The maximum absolute atomic E-state index is 12.5. The van der Waals surface area contributed by atoms with E-state index in [1.54, 1.807) is 6.92 Å². The van der Waals surface area contributed by atoms with E-state index in [1.165, 1.54) is 6.92 Å². The molecule has 0 radical (unpaired) electrons. The second kappa shape index (κ2) is 15.0. The highest BCUT2D eigenvalue weighted by Gasteiger charge is 2.53. The number of carbonyl (C=O) groups excluding carboxylic acids is 6. The van der Waals surface area contributed by atoms with Gasteiger partial charge in [0.25, 0.3) is 0 Å². The van der Waals surface area contributed by atoms with E-state index in [9.17, 15) is 28.8 Å². The van der Waals surface area contributed by atoms with E-state index in [4.69, 9.17) is 33.2 Å². The Bertz CT molecular complexity index is 823. The lowest BCUT2D eigenvalue weighted by molar-refractivity contribution is -0.237. The number of amides is 2. The largest absolute Gasteiger partial charge is 0.463 e. The molecule has 1 saturated heterocycles. The van der Waals surface area contributed by atoms with Gasteiger partial charge in [0.2, 0.25) is 0 Å². The van der Waals surface area contributed by atoms with Crippen LogP contribution in [0.25, 0.3) is 0 Å². The quantitative estimate of drug-likeness (QED) is 0.188. The van der Waals surface area contributed by atoms with Gasteiger partial charge in [0, 0.05) is 39.6 Å². The van der Waals surface area contributed by atoms with Gasteiger partial charge in [0.15, 0.2) is 23.7 Å². The van der Waals surface area contributed by atoms with Crippen LogP contribution in [0.3, 0.4) is 0 Å². The minimum Gasteiger partial charge on any atom is -0.463 e. The van der Waals surface area contributed by atoms with E-state index >= 15 is 0 Å². The Hall–Kier alpha value is -3.27. The number of nitrogens with one attached hydrogen (secondary N) is 1. The minimum atomic E-state index is -1.46. The van der Waals surface area contributed by atoms with Crippen LogP contribution in [-0.2, 0) is 52.3 Å². The normalized spacial score (nSPS) is 22.9. The summed E-state index contributed by atoms with van der Waals surface area (Å²) in [4.78, 5) is 71.5. The summed E-state index contributed by atoms with van der Waals surface area (Å²) in [6.07, 6.45) is -7.57. The number of hydrazine groups is 1. The molecule has 3 unspecified atom stereocenters. The Labute approximate surface area is 211 Å². The third-order valence-electron chi connectivity index (χ3n) is 4.06. The molecule has 16 heteroatoms. The number of ether oxygens (including phenoxy) is 7. The van der Waals surface area contributed by atoms with Crippen molar-refractivity contribution >= 4 is 48.0 Å². The molecule has 1 aliphatic heterocycles. The lowest BCUT2D eigenvalue weighted by atomic mass is 9.99. The van der Waals surface area contributed by atoms with Crippen molar-refractivity contribution in [3.05, 3.63) is 0 Å². The fraction of sp³-hybridized carbons (Fsp3) is 0.700. The van der Waals surface area contributed by atoms with Gasteiger partial charge >= 0.3 is 36.1 Å². The number of nitrogens with zero attached hydrogens (tertiary/aromatic N) is 1. The molecule has 0 aliphatic carbocycles. The van der Waals surface area contributed by atoms with E-state index in [0.29, 0.717) is 16.4 Å². The molecule has 1 heterocycles. The molecular formula is C20H30N2O13S. The SMILES string of the molecule is CCOC(=O)NN(S[C@@H]1OC(COC(C)=O)[C@@H](OC(C)=O)C(OC(C)=O)C1OC(C)=O)C(=O)OCC. The van der Waals surface area contributed by atoms with Crippen LogP contribution < -0.4 is 5.43 Å². The second-order valence-electron chi connectivity index (χ2n) is 7.00. The van der Waals surface area contributed by atoms with Gasteiger partial charge in [-0.1, -0.05) is 0 Å². The van der Waals surface area contributed by atoms with Crippen LogP contribution in [0.1, 0.15) is 41.5 Å². The van der Waals surface area contributed by atoms with Crippen LogP contribution in [0.2, 0.25) is 0 Å². The van der Waals surface area contributed by atoms with Gasteiger partial charge in [-0.25, -0.2) is 15.0 Å². The molecule has 1 fully saturated rings. The predicted molar refractivity (Wildman–Crippen MR) is 119 cm³/mol. The molecule has 204 valence electrons. The third-order valence-corrected chi connectivity index (χ3v) is 5.10. The number of esters is 4. The van der Waals surface area contributed by atoms with Gasteiger partial charge in [-0.15, -0.1) is 0 Å². The van der Waals surface area contributed by atoms with Crippen molar-refractivity contribution in [3.8, 4) is 0 Å². The first-order chi connectivity index (χ1) is 16.9. The Morgan fingerprint density at radius 1 is 0.750 bits per heavy atom. The molecule has 0 aromatic rings. The summed E-state index contributed by atoms with van der Waals surface area (Å²) in [5.41, 5.74) is 0.772. The lowest BCUT2D eigenvalue weighted by Gasteiger charge is -2.44. The molecule has 2 amide bonds. The molecule has 36 heavy (non-hydrogen) atoms. The molecule has 1 rings (SSSR count). The zero-order valence-corrected chi connectivity index (χ0v) is 21.5. The Kier molecular flexibility index (Phi) is 12.8. The van der Waals surface area contributed by atoms with Crippen LogP contribution in [-0.4, -0.2) is 90.2 Å². The Morgan fingerprint density at radius 2 is 1.28 bits per heavy atom. The van der Waals surface area contributed by atoms with Crippen molar-refractivity contribution in [3.63, 3.8) is 0 Å². The van der Waals surface area contributed by atoms with Crippen LogP contribution >= 0.6 is 11.9 Å². The molecule has 0 aromatic carbocycles. The van der Waals surface area contributed by atoms with Crippen molar-refractivity contribution in [2.45, 2.75) is 71.4 Å². The summed E-state index contributed by atoms with van der Waals surface area (Å²) < 4.78 is 37.1. The number of hydrogen-bond acceptors (Lipinski definition) is 14. The van der Waals surface area contributed by atoms with Crippen molar-refractivity contribution < 1.29 is 61.9 Å². The average molecular weight is 539 g/mol. The molecule has 0 aromatic heterocycles. The smallest absolute Gasteiger partial charge is 0.439 e. The summed E-state index contributed by atoms with van der Waals surface area (Å²) in [6.45, 7) is 6.90. The average Bonchev–Trinajstić information content (AvgIpc) is 2.75. The first-order valence-electron chi connectivity index (χ1n) is 10.8. The number of rotatable bonds is 9. The van der Waals surface area contributed by atoms with Gasteiger partial charge < -0.3 is 33.2 Å². The Balaban J connectivity index is 3.46. The standard InChI is InChI=1S/C20H30N2O13S/c1-7-29-19(27)21-22(20(28)30-8-2)36-18-17(34-13(6)26)16(33-12(5)25)15(32-11(4)24)14(35-18)9-31-10(3)23/h14-18H,7-9H2,1-6H3,(H,21,27)/t14?,15-,16?,17?,18+/m1/s1. The summed E-state index contributed by atoms with van der Waals surface area (Å²) in [6, 6.07) is 0. The maximum atomic E-state index is 12.5. The van der Waals surface area contributed by atoms with Crippen molar-refractivity contribution in [2.24, 2.45) is 0 Å². The molecule has 15 nitrogen and oxygen atoms in total. The fourth-order valence-corrected chi connectivity index (χ4v) is 3.92. The van der Waals surface area contributed by atoms with E-state index in [0.717, 1.165) is 27.7 Å². The van der Waals surface area contributed by atoms with Gasteiger partial charge in [-0.2, -0.15) is 4.41 Å². The third kappa shape index (κ3) is 10.2. The first kappa shape index (κ1) is 30.8. The highest BCUT2D eigenvalue weighted by atomic mass is 32.2. The highest BCUT2D eigenvalue weighted by Crippen LogP contribution is 2.35. The molecule has 1 aliphatic rings.